The first-order chi connectivity index (χ1) is 17.1. The van der Waals surface area contributed by atoms with Crippen LogP contribution in [0, 0.1) is 0 Å². The highest BCUT2D eigenvalue weighted by Gasteiger charge is 2.40. The molecule has 37 heavy (non-hydrogen) atoms. The van der Waals surface area contributed by atoms with Crippen LogP contribution in [0.15, 0.2) is 36.9 Å². The molecule has 0 saturated carbocycles. The third kappa shape index (κ3) is 7.38. The van der Waals surface area contributed by atoms with E-state index in [-0.39, 0.29) is 29.9 Å². The number of amides is 1. The molecule has 1 aliphatic rings. The van der Waals surface area contributed by atoms with Gasteiger partial charge >= 0.3 is 12.3 Å². The quantitative estimate of drug-likeness (QED) is 0.236. The van der Waals surface area contributed by atoms with Gasteiger partial charge in [0.1, 0.15) is 16.6 Å². The summed E-state index contributed by atoms with van der Waals surface area (Å²) >= 11 is 4.59. The Labute approximate surface area is 219 Å². The third-order valence-corrected chi connectivity index (χ3v) is 6.41. The number of benzene rings is 1. The Morgan fingerprint density at radius 3 is 2.65 bits per heavy atom. The zero-order valence-electron chi connectivity index (χ0n) is 21.2. The number of hydrogen-bond acceptors (Lipinski definition) is 6. The Morgan fingerprint density at radius 1 is 1.32 bits per heavy atom. The van der Waals surface area contributed by atoms with Crippen molar-refractivity contribution in [1.82, 2.24) is 15.2 Å². The van der Waals surface area contributed by atoms with Gasteiger partial charge in [0.2, 0.25) is 0 Å². The molecule has 2 heterocycles. The van der Waals surface area contributed by atoms with E-state index in [1.807, 2.05) is 11.9 Å². The molecule has 3 rings (SSSR count). The molecule has 0 unspecified atom stereocenters. The zero-order valence-corrected chi connectivity index (χ0v) is 22.1. The molecule has 0 radical (unpaired) electrons. The standard InChI is InChI=1S/C26H32F4N4O2S/c1-16(26(28,29)30)22-18-9-6-10-20(33-25(37)11-13-34(5)15-21(25)27)19(18)14-17(32-22)8-7-12-31-23(35)36-24(2,3)4/h6-10,14,21,33,37H,1,11-13,15H2,2-5H3,(H,31,35)/b8-7+/t21-,25+/m0/s1. The fourth-order valence-corrected chi connectivity index (χ4v) is 4.20. The lowest BCUT2D eigenvalue weighted by Crippen LogP contribution is -2.53. The van der Waals surface area contributed by atoms with E-state index >= 15 is 0 Å². The van der Waals surface area contributed by atoms with Gasteiger partial charge in [-0.3, -0.25) is 0 Å². The van der Waals surface area contributed by atoms with Gasteiger partial charge in [0.05, 0.1) is 17.0 Å². The van der Waals surface area contributed by atoms with E-state index in [4.69, 9.17) is 4.74 Å². The molecule has 2 aromatic rings. The largest absolute Gasteiger partial charge is 0.444 e. The number of fused-ring (bicyclic) bond motifs is 1. The molecule has 1 aromatic heterocycles. The van der Waals surface area contributed by atoms with Crippen LogP contribution < -0.4 is 10.6 Å². The Morgan fingerprint density at radius 2 is 2.03 bits per heavy atom. The van der Waals surface area contributed by atoms with Gasteiger partial charge in [-0.25, -0.2) is 14.2 Å². The predicted octanol–water partition coefficient (Wildman–Crippen LogP) is 6.06. The van der Waals surface area contributed by atoms with Crippen LogP contribution in [0.5, 0.6) is 0 Å². The third-order valence-electron chi connectivity index (χ3n) is 5.79. The molecule has 1 fully saturated rings. The molecule has 1 aliphatic heterocycles. The zero-order chi connectivity index (χ0) is 27.6. The number of thiol groups is 1. The number of likely N-dealkylation sites (tertiary alicyclic amines) is 1. The summed E-state index contributed by atoms with van der Waals surface area (Å²) in [6, 6.07) is 6.38. The van der Waals surface area contributed by atoms with Crippen LogP contribution in [0.3, 0.4) is 0 Å². The van der Waals surface area contributed by atoms with E-state index in [0.29, 0.717) is 24.0 Å². The lowest BCUT2D eigenvalue weighted by atomic mass is 9.99. The second-order valence-electron chi connectivity index (χ2n) is 10.1. The number of hydrogen-bond donors (Lipinski definition) is 3. The fraction of sp³-hybridized carbons (Fsp3) is 0.462. The van der Waals surface area contributed by atoms with Crippen molar-refractivity contribution in [2.45, 2.75) is 50.0 Å². The number of anilines is 1. The molecular weight excluding hydrogens is 508 g/mol. The number of nitrogens with one attached hydrogen (secondary N) is 2. The van der Waals surface area contributed by atoms with E-state index in [9.17, 15) is 22.4 Å². The Kier molecular flexibility index (Phi) is 8.48. The second kappa shape index (κ2) is 10.9. The molecule has 1 aromatic carbocycles. The predicted molar refractivity (Wildman–Crippen MR) is 142 cm³/mol. The minimum Gasteiger partial charge on any atom is -0.444 e. The first-order valence-corrected chi connectivity index (χ1v) is 12.2. The van der Waals surface area contributed by atoms with Gasteiger partial charge in [0.25, 0.3) is 0 Å². The Bertz CT molecular complexity index is 1200. The van der Waals surface area contributed by atoms with Gasteiger partial charge in [-0.1, -0.05) is 24.8 Å². The normalized spacial score (nSPS) is 21.3. The molecule has 0 bridgehead atoms. The molecule has 2 N–H and O–H groups in total. The lowest BCUT2D eigenvalue weighted by Gasteiger charge is -2.41. The second-order valence-corrected chi connectivity index (χ2v) is 10.9. The highest BCUT2D eigenvalue weighted by molar-refractivity contribution is 7.82. The van der Waals surface area contributed by atoms with Crippen molar-refractivity contribution in [2.75, 3.05) is 32.0 Å². The van der Waals surface area contributed by atoms with Gasteiger partial charge in [0.15, 0.2) is 0 Å². The summed E-state index contributed by atoms with van der Waals surface area (Å²) in [5.41, 5.74) is -1.45. The number of aromatic nitrogens is 1. The molecule has 0 spiro atoms. The number of nitrogens with zero attached hydrogens (tertiary/aromatic N) is 2. The number of carbonyl (C=O) groups excluding carboxylic acids is 1. The Balaban J connectivity index is 1.98. The summed E-state index contributed by atoms with van der Waals surface area (Å²) in [6.07, 6.45) is -3.21. The number of rotatable bonds is 6. The maximum Gasteiger partial charge on any atom is 0.417 e. The van der Waals surface area contributed by atoms with Crippen LogP contribution in [0.25, 0.3) is 22.4 Å². The highest BCUT2D eigenvalue weighted by atomic mass is 32.1. The van der Waals surface area contributed by atoms with Gasteiger partial charge in [0, 0.05) is 36.1 Å². The maximum atomic E-state index is 15.0. The number of alkyl carbamates (subject to hydrolysis) is 1. The van der Waals surface area contributed by atoms with Gasteiger partial charge in [-0.05, 0) is 52.4 Å². The van der Waals surface area contributed by atoms with E-state index in [1.165, 1.54) is 12.1 Å². The van der Waals surface area contributed by atoms with Crippen LogP contribution in [0.2, 0.25) is 0 Å². The number of pyridine rings is 1. The number of piperidine rings is 1. The van der Waals surface area contributed by atoms with E-state index in [2.05, 4.69) is 34.8 Å². The summed E-state index contributed by atoms with van der Waals surface area (Å²) in [5, 5.41) is 6.31. The van der Waals surface area contributed by atoms with Gasteiger partial charge in [-0.2, -0.15) is 13.2 Å². The van der Waals surface area contributed by atoms with Gasteiger partial charge < -0.3 is 20.3 Å². The topological polar surface area (TPSA) is 66.5 Å². The van der Waals surface area contributed by atoms with Crippen molar-refractivity contribution in [2.24, 2.45) is 0 Å². The molecule has 2 atom stereocenters. The minimum absolute atomic E-state index is 0.0703. The smallest absolute Gasteiger partial charge is 0.417 e. The van der Waals surface area contributed by atoms with Crippen molar-refractivity contribution in [3.8, 4) is 0 Å². The lowest BCUT2D eigenvalue weighted by molar-refractivity contribution is -0.0688. The SMILES string of the molecule is C=C(c1nc(/C=C/CNC(=O)OC(C)(C)C)cc2c(N[C@@]3(S)CCN(C)C[C@@H]3F)cccc12)C(F)(F)F. The Hall–Kier alpha value is -2.79. The van der Waals surface area contributed by atoms with E-state index in [0.717, 1.165) is 0 Å². The monoisotopic (exact) mass is 540 g/mol. The summed E-state index contributed by atoms with van der Waals surface area (Å²) < 4.78 is 61.1. The van der Waals surface area contributed by atoms with Crippen LogP contribution in [-0.2, 0) is 4.74 Å². The number of ether oxygens (including phenoxy) is 1. The summed E-state index contributed by atoms with van der Waals surface area (Å²) in [7, 11) is 1.81. The fourth-order valence-electron chi connectivity index (χ4n) is 3.90. The van der Waals surface area contributed by atoms with Crippen LogP contribution in [0.4, 0.5) is 28.0 Å². The average Bonchev–Trinajstić information content (AvgIpc) is 2.77. The van der Waals surface area contributed by atoms with Crippen LogP contribution in [-0.4, -0.2) is 65.5 Å². The number of halogens is 4. The average molecular weight is 541 g/mol. The van der Waals surface area contributed by atoms with E-state index in [1.54, 1.807) is 45.0 Å². The first-order valence-electron chi connectivity index (χ1n) is 11.8. The molecule has 0 aliphatic carbocycles. The minimum atomic E-state index is -4.70. The number of allylic oxidation sites excluding steroid dienone is 1. The molecular formula is C26H32F4N4O2S. The van der Waals surface area contributed by atoms with Crippen molar-refractivity contribution in [3.05, 3.63) is 48.3 Å². The highest BCUT2D eigenvalue weighted by Crippen LogP contribution is 2.39. The van der Waals surface area contributed by atoms with Crippen LogP contribution in [0.1, 0.15) is 38.6 Å². The maximum absolute atomic E-state index is 15.0. The van der Waals surface area contributed by atoms with E-state index < -0.39 is 34.5 Å². The van der Waals surface area contributed by atoms with Crippen molar-refractivity contribution in [3.63, 3.8) is 0 Å². The molecule has 11 heteroatoms. The summed E-state index contributed by atoms with van der Waals surface area (Å²) in [5.74, 6) is 0. The molecule has 1 saturated heterocycles. The molecule has 1 amide bonds. The first kappa shape index (κ1) is 28.8. The van der Waals surface area contributed by atoms with Crippen molar-refractivity contribution >= 4 is 46.8 Å². The van der Waals surface area contributed by atoms with Gasteiger partial charge in [-0.15, -0.1) is 12.6 Å². The number of alkyl halides is 4. The summed E-state index contributed by atoms with van der Waals surface area (Å²) in [6.45, 7) is 9.28. The number of carbonyl (C=O) groups is 1. The van der Waals surface area contributed by atoms with Crippen LogP contribution >= 0.6 is 12.6 Å². The summed E-state index contributed by atoms with van der Waals surface area (Å²) in [4.78, 5) is 16.7. The van der Waals surface area contributed by atoms with Crippen molar-refractivity contribution < 1.29 is 27.1 Å². The van der Waals surface area contributed by atoms with Crippen molar-refractivity contribution in [1.29, 1.82) is 0 Å². The molecule has 6 nitrogen and oxygen atoms in total. The molecule has 202 valence electrons.